The molecule has 2 aliphatic carbocycles. The quantitative estimate of drug-likeness (QED) is 0.766. The summed E-state index contributed by atoms with van der Waals surface area (Å²) < 4.78 is 0. The van der Waals surface area contributed by atoms with Crippen molar-refractivity contribution in [1.29, 1.82) is 0 Å². The smallest absolute Gasteiger partial charge is 0.136 e. The Morgan fingerprint density at radius 1 is 1.04 bits per heavy atom. The number of benzene rings is 1. The van der Waals surface area contributed by atoms with Gasteiger partial charge in [0.05, 0.1) is 8.07 Å². The van der Waals surface area contributed by atoms with Crippen molar-refractivity contribution in [2.75, 3.05) is 0 Å². The molecular formula is C21H30O2Si. The third kappa shape index (κ3) is 3.42. The van der Waals surface area contributed by atoms with Crippen molar-refractivity contribution in [3.8, 4) is 0 Å². The van der Waals surface area contributed by atoms with Crippen LogP contribution in [0.2, 0.25) is 18.6 Å². The van der Waals surface area contributed by atoms with Gasteiger partial charge in [-0.15, -0.1) is 0 Å². The summed E-state index contributed by atoms with van der Waals surface area (Å²) in [5.41, 5.74) is 0.465. The summed E-state index contributed by atoms with van der Waals surface area (Å²) in [5.74, 6) is 1.71. The van der Waals surface area contributed by atoms with Gasteiger partial charge in [0.15, 0.2) is 0 Å². The minimum atomic E-state index is -1.76. The first-order chi connectivity index (χ1) is 11.4. The summed E-state index contributed by atoms with van der Waals surface area (Å²) in [6.45, 7) is 7.08. The largest absolute Gasteiger partial charge is 0.300 e. The minimum absolute atomic E-state index is 0.118. The van der Waals surface area contributed by atoms with Crippen LogP contribution in [-0.2, 0) is 9.59 Å². The molecule has 0 radical (unpaired) electrons. The Morgan fingerprint density at radius 3 is 2.42 bits per heavy atom. The molecule has 2 saturated carbocycles. The van der Waals surface area contributed by atoms with E-state index in [1.807, 2.05) is 0 Å². The molecule has 130 valence electrons. The maximum atomic E-state index is 13.0. The minimum Gasteiger partial charge on any atom is -0.300 e. The zero-order valence-corrected chi connectivity index (χ0v) is 16.3. The van der Waals surface area contributed by atoms with E-state index in [-0.39, 0.29) is 5.92 Å². The fraction of sp³-hybridized carbons (Fsp3) is 0.619. The van der Waals surface area contributed by atoms with Crippen molar-refractivity contribution >= 4 is 24.8 Å². The van der Waals surface area contributed by atoms with Crippen LogP contribution in [0.5, 0.6) is 0 Å². The molecule has 24 heavy (non-hydrogen) atoms. The molecule has 1 aromatic carbocycles. The number of Topliss-reactive ketones (excluding diaryl/α,β-unsaturated/α-hetero) is 2. The summed E-state index contributed by atoms with van der Waals surface area (Å²) in [6.07, 6.45) is 5.26. The molecule has 0 bridgehead atoms. The Morgan fingerprint density at radius 2 is 1.75 bits per heavy atom. The average molecular weight is 343 g/mol. The normalized spacial score (nSPS) is 32.0. The second kappa shape index (κ2) is 6.95. The lowest BCUT2D eigenvalue weighted by Crippen LogP contribution is -2.53. The summed E-state index contributed by atoms with van der Waals surface area (Å²) in [5, 5.41) is 1.45. The highest BCUT2D eigenvalue weighted by molar-refractivity contribution is 6.91. The first kappa shape index (κ1) is 17.6. The molecule has 3 heteroatoms. The van der Waals surface area contributed by atoms with Crippen LogP contribution < -0.4 is 5.19 Å². The molecule has 0 saturated heterocycles. The Bertz CT molecular complexity index is 608. The molecule has 3 rings (SSSR count). The molecule has 2 nitrogen and oxygen atoms in total. The van der Waals surface area contributed by atoms with Crippen molar-refractivity contribution in [3.05, 3.63) is 30.3 Å². The van der Waals surface area contributed by atoms with Crippen LogP contribution >= 0.6 is 0 Å². The van der Waals surface area contributed by atoms with Crippen LogP contribution in [0.1, 0.15) is 45.4 Å². The molecule has 2 aliphatic rings. The number of rotatable bonds is 3. The Hall–Kier alpha value is -1.22. The number of hydrogen-bond acceptors (Lipinski definition) is 2. The highest BCUT2D eigenvalue weighted by Crippen LogP contribution is 2.48. The van der Waals surface area contributed by atoms with Gasteiger partial charge in [-0.3, -0.25) is 9.59 Å². The summed E-state index contributed by atoms with van der Waals surface area (Å²) >= 11 is 0. The van der Waals surface area contributed by atoms with Crippen LogP contribution in [-0.4, -0.2) is 19.6 Å². The highest BCUT2D eigenvalue weighted by Gasteiger charge is 2.48. The van der Waals surface area contributed by atoms with Crippen molar-refractivity contribution in [1.82, 2.24) is 0 Å². The van der Waals surface area contributed by atoms with Crippen LogP contribution in [0.4, 0.5) is 0 Å². The van der Waals surface area contributed by atoms with Crippen molar-refractivity contribution in [3.63, 3.8) is 0 Å². The Kier molecular flexibility index (Phi) is 5.10. The molecule has 2 fully saturated rings. The van der Waals surface area contributed by atoms with E-state index >= 15 is 0 Å². The lowest BCUT2D eigenvalue weighted by atomic mass is 9.70. The third-order valence-corrected chi connectivity index (χ3v) is 10.8. The van der Waals surface area contributed by atoms with Gasteiger partial charge < -0.3 is 0 Å². The standard InChI is InChI=1S/C21H30O2Si/c1-15-12-19(23)21(16-8-7-9-17(22)14-16)20(13-15)24(2,3)18-10-5-4-6-11-18/h4-6,10-11,15-16,20-21H,7-9,12-14H2,1-3H3/t15-,16?,20+,21?/m0/s1. The molecular weight excluding hydrogens is 312 g/mol. The molecule has 0 spiro atoms. The zero-order valence-electron chi connectivity index (χ0n) is 15.3. The lowest BCUT2D eigenvalue weighted by Gasteiger charge is -2.46. The zero-order chi connectivity index (χ0) is 17.3. The second-order valence-electron chi connectivity index (χ2n) is 8.63. The van der Waals surface area contributed by atoms with Crippen molar-refractivity contribution in [2.24, 2.45) is 17.8 Å². The molecule has 1 aromatic rings. The topological polar surface area (TPSA) is 34.1 Å². The maximum Gasteiger partial charge on any atom is 0.136 e. The van der Waals surface area contributed by atoms with E-state index in [2.05, 4.69) is 50.3 Å². The third-order valence-electron chi connectivity index (χ3n) is 6.48. The van der Waals surface area contributed by atoms with E-state index < -0.39 is 8.07 Å². The fourth-order valence-corrected chi connectivity index (χ4v) is 8.98. The summed E-state index contributed by atoms with van der Waals surface area (Å²) in [7, 11) is -1.76. The van der Waals surface area contributed by atoms with Gasteiger partial charge in [-0.05, 0) is 36.6 Å². The van der Waals surface area contributed by atoms with Gasteiger partial charge in [-0.1, -0.05) is 55.5 Å². The molecule has 0 aliphatic heterocycles. The van der Waals surface area contributed by atoms with Crippen LogP contribution in [0.3, 0.4) is 0 Å². The van der Waals surface area contributed by atoms with Crippen LogP contribution in [0.15, 0.2) is 30.3 Å². The van der Waals surface area contributed by atoms with Crippen LogP contribution in [0, 0.1) is 17.8 Å². The van der Waals surface area contributed by atoms with E-state index in [0.717, 1.165) is 25.7 Å². The van der Waals surface area contributed by atoms with Crippen molar-refractivity contribution in [2.45, 2.75) is 64.1 Å². The fourth-order valence-electron chi connectivity index (χ4n) is 5.15. The van der Waals surface area contributed by atoms with Gasteiger partial charge in [-0.25, -0.2) is 0 Å². The predicted octanol–water partition coefficient (Wildman–Crippen LogP) is 4.35. The Labute approximate surface area is 147 Å². The molecule has 0 amide bonds. The molecule has 4 atom stereocenters. The number of ketones is 2. The number of hydrogen-bond donors (Lipinski definition) is 0. The SMILES string of the molecule is C[C@H]1CC(=O)C(C2CCCC(=O)C2)[C@H]([Si](C)(C)c2ccccc2)C1. The summed E-state index contributed by atoms with van der Waals surface area (Å²) in [6, 6.07) is 10.8. The van der Waals surface area contributed by atoms with E-state index in [9.17, 15) is 9.59 Å². The monoisotopic (exact) mass is 342 g/mol. The Balaban J connectivity index is 1.94. The van der Waals surface area contributed by atoms with Gasteiger partial charge in [0, 0.05) is 25.2 Å². The van der Waals surface area contributed by atoms with Gasteiger partial charge in [0.2, 0.25) is 0 Å². The van der Waals surface area contributed by atoms with Gasteiger partial charge in [0.1, 0.15) is 11.6 Å². The van der Waals surface area contributed by atoms with E-state index in [4.69, 9.17) is 0 Å². The highest BCUT2D eigenvalue weighted by atomic mass is 28.3. The second-order valence-corrected chi connectivity index (χ2v) is 13.4. The number of carbonyl (C=O) groups is 2. The van der Waals surface area contributed by atoms with E-state index in [1.165, 1.54) is 5.19 Å². The van der Waals surface area contributed by atoms with Gasteiger partial charge in [0.25, 0.3) is 0 Å². The predicted molar refractivity (Wildman–Crippen MR) is 101 cm³/mol. The van der Waals surface area contributed by atoms with Crippen LogP contribution in [0.25, 0.3) is 0 Å². The first-order valence-corrected chi connectivity index (χ1v) is 12.6. The first-order valence-electron chi connectivity index (χ1n) is 9.49. The molecule has 0 N–H and O–H groups in total. The molecule has 2 unspecified atom stereocenters. The van der Waals surface area contributed by atoms with Gasteiger partial charge >= 0.3 is 0 Å². The molecule has 0 heterocycles. The number of carbonyl (C=O) groups excluding carboxylic acids is 2. The van der Waals surface area contributed by atoms with Gasteiger partial charge in [-0.2, -0.15) is 0 Å². The summed E-state index contributed by atoms with van der Waals surface area (Å²) in [4.78, 5) is 25.0. The van der Waals surface area contributed by atoms with E-state index in [1.54, 1.807) is 0 Å². The lowest BCUT2D eigenvalue weighted by molar-refractivity contribution is -0.130. The average Bonchev–Trinajstić information content (AvgIpc) is 2.55. The van der Waals surface area contributed by atoms with E-state index in [0.29, 0.717) is 41.8 Å². The van der Waals surface area contributed by atoms with Crippen molar-refractivity contribution < 1.29 is 9.59 Å². The maximum absolute atomic E-state index is 13.0. The molecule has 0 aromatic heterocycles.